The number of pyridine rings is 1. The van der Waals surface area contributed by atoms with E-state index in [2.05, 4.69) is 119 Å². The van der Waals surface area contributed by atoms with Crippen molar-refractivity contribution in [2.45, 2.75) is 121 Å². The topological polar surface area (TPSA) is 304 Å². The molecule has 4 aliphatic rings. The number of ether oxygens (including phenoxy) is 4. The molecule has 2 atom stereocenters. The molecule has 0 bridgehead atoms. The number of methoxy groups -OCH3 is 4. The van der Waals surface area contributed by atoms with Crippen LogP contribution in [0.2, 0.25) is 0 Å². The molecule has 521 valence electrons. The molecule has 2 unspecified atom stereocenters. The number of aromatic amines is 1. The Kier molecular flexibility index (Phi) is 62.8. The number of amides is 3. The first-order chi connectivity index (χ1) is 43.8. The van der Waals surface area contributed by atoms with Crippen LogP contribution in [0.1, 0.15) is 156 Å². The van der Waals surface area contributed by atoms with Gasteiger partial charge in [0.25, 0.3) is 6.47 Å². The summed E-state index contributed by atoms with van der Waals surface area (Å²) in [5, 5.41) is 25.4. The molecule has 9 rings (SSSR count). The van der Waals surface area contributed by atoms with E-state index in [1.165, 1.54) is 153 Å². The SMILES string of the molecule is BrP(Br)Br.C.COC(=O)Cl.COC(=O)Nc1cc(C(=O)CCC2CC2)ccc1F.COC(=O)Nc1cc(C(Br)CCC2CC2)ccc1F.COC(=O)Nc1cc(C(O)CCC2CC2)ccc1F.Nc1cc(C(=O)CCC2CC2)ccc1F.O=CO[O-].O=c1cccc[nH]1.[B].[Cs+].[Cs+].[H-].[H-].[Na+]. The number of aromatic nitrogens is 1. The van der Waals surface area contributed by atoms with Crippen molar-refractivity contribution < 1.29 is 256 Å². The van der Waals surface area contributed by atoms with Crippen LogP contribution in [-0.2, 0) is 28.6 Å². The van der Waals surface area contributed by atoms with Crippen molar-refractivity contribution in [2.75, 3.05) is 50.1 Å². The molecule has 4 fully saturated rings. The average Bonchev–Trinajstić information content (AvgIpc) is 1.02. The van der Waals surface area contributed by atoms with Crippen LogP contribution in [0.3, 0.4) is 0 Å². The van der Waals surface area contributed by atoms with Crippen molar-refractivity contribution in [1.82, 2.24) is 4.98 Å². The molecule has 1 aromatic heterocycles. The Morgan fingerprint density at radius 1 is 0.639 bits per heavy atom. The van der Waals surface area contributed by atoms with Crippen LogP contribution in [0.4, 0.5) is 59.5 Å². The number of carbonyl (C=O) groups is 7. The third-order valence-electron chi connectivity index (χ3n) is 13.5. The van der Waals surface area contributed by atoms with Crippen LogP contribution in [-0.4, -0.2) is 88.7 Å². The Bertz CT molecular complexity index is 3110. The summed E-state index contributed by atoms with van der Waals surface area (Å²) in [7, 11) is 4.87. The molecule has 0 saturated heterocycles. The Hall–Kier alpha value is -0.831. The van der Waals surface area contributed by atoms with Crippen molar-refractivity contribution in [3.63, 3.8) is 0 Å². The van der Waals surface area contributed by atoms with E-state index in [1.54, 1.807) is 30.5 Å². The van der Waals surface area contributed by atoms with E-state index in [0.29, 0.717) is 41.9 Å². The fourth-order valence-corrected chi connectivity index (χ4v) is 8.29. The molecular formula is C63H80BBr4ClCs2F4N5NaO15P. The number of halogens is 9. The monoisotopic (exact) mass is 1900 g/mol. The van der Waals surface area contributed by atoms with Gasteiger partial charge in [0.05, 0.1) is 57.3 Å². The summed E-state index contributed by atoms with van der Waals surface area (Å²) in [6.45, 7) is -0.181. The van der Waals surface area contributed by atoms with Crippen LogP contribution in [0.5, 0.6) is 0 Å². The Balaban J connectivity index is -0.000000261. The molecule has 4 saturated carbocycles. The smallest absolute Gasteiger partial charge is 1.00 e. The number of aliphatic hydroxyl groups is 1. The molecule has 4 aliphatic carbocycles. The second-order valence-corrected chi connectivity index (χ2v) is 37.4. The third-order valence-corrected chi connectivity index (χ3v) is 14.6. The summed E-state index contributed by atoms with van der Waals surface area (Å²) in [4.78, 5) is 90.3. The molecule has 1 heterocycles. The first-order valence-electron chi connectivity index (χ1n) is 28.5. The predicted octanol–water partition coefficient (Wildman–Crippen LogP) is 8.71. The largest absolute Gasteiger partial charge is 1.00 e. The Labute approximate surface area is 747 Å². The van der Waals surface area contributed by atoms with E-state index in [-0.39, 0.29) is 241 Å². The van der Waals surface area contributed by atoms with E-state index < -0.39 is 53.1 Å². The minimum atomic E-state index is -0.773. The number of anilines is 4. The molecule has 3 amide bonds. The van der Waals surface area contributed by atoms with Crippen LogP contribution >= 0.6 is 78.0 Å². The number of carbonyl (C=O) groups excluding carboxylic acids is 7. The molecule has 7 N–H and O–H groups in total. The maximum atomic E-state index is 13.6. The molecule has 97 heavy (non-hydrogen) atoms. The van der Waals surface area contributed by atoms with Gasteiger partial charge in [-0.25, -0.2) is 36.7 Å². The van der Waals surface area contributed by atoms with Gasteiger partial charge in [0.15, 0.2) is 11.6 Å². The number of nitrogens with two attached hydrogens (primary N) is 1. The zero-order chi connectivity index (χ0) is 68.7. The summed E-state index contributed by atoms with van der Waals surface area (Å²) in [6.07, 6.45) is 15.6. The fraction of sp³-hybridized carbons (Fsp3) is 0.429. The molecule has 4 aromatic carbocycles. The maximum Gasteiger partial charge on any atom is 1.00 e. The van der Waals surface area contributed by atoms with E-state index in [1.807, 2.05) is 0 Å². The van der Waals surface area contributed by atoms with Gasteiger partial charge in [0.1, 0.15) is 27.3 Å². The molecule has 20 nitrogen and oxygen atoms in total. The van der Waals surface area contributed by atoms with Crippen molar-refractivity contribution in [2.24, 2.45) is 23.7 Å². The number of hydrogen-bond acceptors (Lipinski definition) is 16. The van der Waals surface area contributed by atoms with Crippen LogP contribution in [0, 0.1) is 46.9 Å². The summed E-state index contributed by atoms with van der Waals surface area (Å²) in [5.74, 6) is 0.991. The second-order valence-electron chi connectivity index (χ2n) is 20.6. The van der Waals surface area contributed by atoms with Gasteiger partial charge in [-0.05, 0) is 187 Å². The van der Waals surface area contributed by atoms with E-state index in [4.69, 9.17) is 15.8 Å². The van der Waals surface area contributed by atoms with Gasteiger partial charge < -0.3 is 47.8 Å². The number of nitrogen functional groups attached to an aromatic ring is 1. The first kappa shape index (κ1) is 103. The van der Waals surface area contributed by atoms with Gasteiger partial charge in [0.2, 0.25) is 5.56 Å². The zero-order valence-corrected chi connectivity index (χ0v) is 76.8. The molecule has 34 heteroatoms. The number of aliphatic hydroxyl groups excluding tert-OH is 1. The number of Topliss-reactive ketones (excluding diaryl/α,β-unsaturated/α-hetero) is 2. The Morgan fingerprint density at radius 3 is 1.33 bits per heavy atom. The van der Waals surface area contributed by atoms with Gasteiger partial charge in [-0.3, -0.25) is 35.1 Å². The summed E-state index contributed by atoms with van der Waals surface area (Å²) in [5.41, 5.74) is 7.26. The summed E-state index contributed by atoms with van der Waals surface area (Å²) < 4.78 is 70.4. The molecular weight excluding hydrogens is 1830 g/mol. The zero-order valence-electron chi connectivity index (χ0n) is 56.3. The first-order valence-corrected chi connectivity index (χ1v) is 37.2. The van der Waals surface area contributed by atoms with Crippen LogP contribution in [0.15, 0.2) is 102 Å². The van der Waals surface area contributed by atoms with Crippen molar-refractivity contribution >= 4 is 151 Å². The van der Waals surface area contributed by atoms with Crippen molar-refractivity contribution in [3.05, 3.63) is 153 Å². The molecule has 3 radical (unpaired) electrons. The normalized spacial score (nSPS) is 12.9. The number of ketones is 2. The average molecular weight is 1910 g/mol. The molecule has 5 aromatic rings. The third kappa shape index (κ3) is 50.3. The number of alkyl halides is 1. The van der Waals surface area contributed by atoms with Gasteiger partial charge in [-0.2, -0.15) is 0 Å². The number of hydrogen-bond donors (Lipinski definition) is 6. The molecule has 0 spiro atoms. The fourth-order valence-electron chi connectivity index (χ4n) is 7.75. The predicted molar refractivity (Wildman–Crippen MR) is 372 cm³/mol. The van der Waals surface area contributed by atoms with Gasteiger partial charge in [-0.15, -0.1) is 0 Å². The summed E-state index contributed by atoms with van der Waals surface area (Å²) in [6, 6.07) is 22.0. The van der Waals surface area contributed by atoms with E-state index in [9.17, 15) is 56.2 Å². The van der Waals surface area contributed by atoms with E-state index in [0.717, 1.165) is 49.0 Å². The van der Waals surface area contributed by atoms with Gasteiger partial charge in [0, 0.05) is 61.1 Å². The minimum absolute atomic E-state index is 0. The maximum absolute atomic E-state index is 13.6. The summed E-state index contributed by atoms with van der Waals surface area (Å²) >= 11 is 17.7. The number of benzene rings is 4. The van der Waals surface area contributed by atoms with Crippen LogP contribution < -0.4 is 200 Å². The number of rotatable bonds is 20. The second kappa shape index (κ2) is 59.4. The van der Waals surface area contributed by atoms with Gasteiger partial charge in [-0.1, -0.05) is 92.9 Å². The quantitative estimate of drug-likeness (QED) is 0.00363. The number of H-pyrrole nitrogens is 1. The minimum Gasteiger partial charge on any atom is -1.00 e. The van der Waals surface area contributed by atoms with E-state index >= 15 is 0 Å². The molecule has 0 aliphatic heterocycles. The standard InChI is InChI=1S/C14H17BrFNO2.C14H18FNO3.C14H16FNO3.C12H14FNO.C5H5NO.C2H3ClO2.CH2O3.CH4.B.Br3P.2Cs.Na.2H/c1-19-14(18)17-13-8-10(5-7-12(13)16)11(15)6-4-9-2-3-9;2*1-19-14(18)16-12-8-10(5-6-11(12)15)13(17)7-4-9-2-3-9;13-10-5-4-9(7-11(10)14)12(15)6-3-8-1-2-8;7-5-3-1-2-4-6-5;1-5-2(3)4;2-1-4-3;;;1-4(2)3;;;;;/h5,7-9,11H,2-4,6H2,1H3,(H,17,18);5-6,8-9,13,17H,2-4,7H2,1H3,(H,16,18);5-6,8-9H,2-4,7H2,1H3,(H,16,18);4-5,7-8H,1-3,6,14H2;1-4H,(H,6,7);1H3;1,3H;1H4;;;;;;;/q;;;;;;;;;;3*+1;2*-1/p-1. The number of nitrogens with one attached hydrogen (secondary N) is 4. The van der Waals surface area contributed by atoms with Crippen molar-refractivity contribution in [3.8, 4) is 0 Å². The van der Waals surface area contributed by atoms with Gasteiger partial charge >= 0.3 is 191 Å². The van der Waals surface area contributed by atoms with Crippen LogP contribution in [0.25, 0.3) is 0 Å². The Morgan fingerprint density at radius 2 is 0.990 bits per heavy atom. The van der Waals surface area contributed by atoms with Crippen molar-refractivity contribution in [1.29, 1.82) is 0 Å².